The molecule has 1 N–H and O–H groups in total. The van der Waals surface area contributed by atoms with Gasteiger partial charge in [-0.05, 0) is 39.3 Å². The number of thiol groups is 1. The zero-order valence-corrected chi connectivity index (χ0v) is 17.9. The van der Waals surface area contributed by atoms with Gasteiger partial charge in [-0.3, -0.25) is 0 Å². The van der Waals surface area contributed by atoms with Crippen LogP contribution in [0.1, 0.15) is 44.3 Å². The van der Waals surface area contributed by atoms with Crippen LogP contribution in [-0.4, -0.2) is 36.3 Å². The smallest absolute Gasteiger partial charge is 0.163 e. The van der Waals surface area contributed by atoms with E-state index in [1.807, 2.05) is 26.0 Å². The van der Waals surface area contributed by atoms with E-state index >= 15 is 0 Å². The second kappa shape index (κ2) is 9.24. The van der Waals surface area contributed by atoms with Gasteiger partial charge in [-0.2, -0.15) is 12.6 Å². The van der Waals surface area contributed by atoms with E-state index in [-0.39, 0.29) is 5.25 Å². The quantitative estimate of drug-likeness (QED) is 0.484. The molecule has 0 spiro atoms. The lowest BCUT2D eigenvalue weighted by Crippen LogP contribution is -2.23. The summed E-state index contributed by atoms with van der Waals surface area (Å²) in [6.07, 6.45) is 0. The first kappa shape index (κ1) is 20.4. The topological polar surface area (TPSA) is 50.4 Å². The highest BCUT2D eigenvalue weighted by Gasteiger charge is 2.20. The van der Waals surface area contributed by atoms with Gasteiger partial charge < -0.3 is 19.4 Å². The van der Waals surface area contributed by atoms with Crippen molar-refractivity contribution in [3.63, 3.8) is 0 Å². The number of imidazole rings is 1. The summed E-state index contributed by atoms with van der Waals surface area (Å²) in [5.74, 6) is 2.26. The van der Waals surface area contributed by atoms with Crippen LogP contribution in [0.3, 0.4) is 0 Å². The minimum Gasteiger partial charge on any atom is -0.490 e. The third kappa shape index (κ3) is 4.07. The van der Waals surface area contributed by atoms with Gasteiger partial charge in [0, 0.05) is 30.9 Å². The fourth-order valence-corrected chi connectivity index (χ4v) is 3.76. The molecule has 5 nitrogen and oxygen atoms in total. The molecular weight excluding hydrogens is 370 g/mol. The fraction of sp³-hybridized carbons (Fsp3) is 0.409. The molecule has 28 heavy (non-hydrogen) atoms. The van der Waals surface area contributed by atoms with E-state index in [2.05, 4.69) is 48.0 Å². The molecular formula is C22H29N3O2S. The number of aromatic amines is 1. The van der Waals surface area contributed by atoms with E-state index in [4.69, 9.17) is 27.1 Å². The molecule has 1 aromatic heterocycles. The Kier molecular flexibility index (Phi) is 6.73. The molecule has 1 atom stereocenters. The van der Waals surface area contributed by atoms with Crippen LogP contribution in [0.5, 0.6) is 11.5 Å². The Bertz CT molecular complexity index is 878. The van der Waals surface area contributed by atoms with Crippen LogP contribution in [0.15, 0.2) is 36.4 Å². The summed E-state index contributed by atoms with van der Waals surface area (Å²) in [4.78, 5) is 10.6. The maximum atomic E-state index is 5.73. The number of para-hydroxylation sites is 1. The minimum absolute atomic E-state index is 0.157. The largest absolute Gasteiger partial charge is 0.490 e. The van der Waals surface area contributed by atoms with E-state index in [9.17, 15) is 0 Å². The molecule has 3 aromatic rings. The lowest BCUT2D eigenvalue weighted by atomic mass is 10.1. The normalized spacial score (nSPS) is 12.2. The number of H-pyrrole nitrogens is 1. The molecule has 150 valence electrons. The molecule has 0 bridgehead atoms. The van der Waals surface area contributed by atoms with Gasteiger partial charge in [-0.1, -0.05) is 18.2 Å². The van der Waals surface area contributed by atoms with Gasteiger partial charge in [0.15, 0.2) is 11.5 Å². The van der Waals surface area contributed by atoms with Gasteiger partial charge in [0.1, 0.15) is 5.82 Å². The molecule has 2 aromatic carbocycles. The number of ether oxygens (including phenoxy) is 2. The lowest BCUT2D eigenvalue weighted by Gasteiger charge is -2.25. The van der Waals surface area contributed by atoms with Crippen molar-refractivity contribution in [1.29, 1.82) is 0 Å². The fourth-order valence-electron chi connectivity index (χ4n) is 3.42. The summed E-state index contributed by atoms with van der Waals surface area (Å²) in [6.45, 7) is 11.3. The van der Waals surface area contributed by atoms with E-state index in [1.54, 1.807) is 0 Å². The van der Waals surface area contributed by atoms with E-state index in [0.717, 1.165) is 41.3 Å². The summed E-state index contributed by atoms with van der Waals surface area (Å²) in [7, 11) is 0. The Morgan fingerprint density at radius 3 is 2.29 bits per heavy atom. The average Bonchev–Trinajstić information content (AvgIpc) is 3.12. The highest BCUT2D eigenvalue weighted by atomic mass is 32.1. The number of fused-ring (bicyclic) bond motifs is 1. The molecule has 6 heteroatoms. The van der Waals surface area contributed by atoms with Crippen molar-refractivity contribution in [3.05, 3.63) is 47.8 Å². The van der Waals surface area contributed by atoms with Crippen LogP contribution < -0.4 is 14.4 Å². The van der Waals surface area contributed by atoms with Crippen LogP contribution in [0.2, 0.25) is 0 Å². The van der Waals surface area contributed by atoms with Gasteiger partial charge in [0.05, 0.1) is 29.5 Å². The van der Waals surface area contributed by atoms with Crippen LogP contribution in [0.25, 0.3) is 11.0 Å². The predicted molar refractivity (Wildman–Crippen MR) is 119 cm³/mol. The molecule has 0 radical (unpaired) electrons. The van der Waals surface area contributed by atoms with E-state index in [1.165, 1.54) is 5.69 Å². The minimum atomic E-state index is -0.157. The first-order chi connectivity index (χ1) is 13.6. The molecule has 0 amide bonds. The number of nitrogens with one attached hydrogen (secondary N) is 1. The number of anilines is 1. The molecule has 1 heterocycles. The second-order valence-corrected chi connectivity index (χ2v) is 6.95. The van der Waals surface area contributed by atoms with Crippen molar-refractivity contribution in [1.82, 2.24) is 9.97 Å². The second-order valence-electron chi connectivity index (χ2n) is 6.44. The van der Waals surface area contributed by atoms with Crippen molar-refractivity contribution in [2.75, 3.05) is 31.2 Å². The van der Waals surface area contributed by atoms with Gasteiger partial charge in [-0.15, -0.1) is 0 Å². The lowest BCUT2D eigenvalue weighted by molar-refractivity contribution is 0.288. The highest BCUT2D eigenvalue weighted by molar-refractivity contribution is 7.80. The zero-order valence-electron chi connectivity index (χ0n) is 17.0. The number of nitrogens with zero attached hydrogens (tertiary/aromatic N) is 2. The molecule has 1 unspecified atom stereocenters. The molecule has 3 rings (SSSR count). The summed E-state index contributed by atoms with van der Waals surface area (Å²) in [6, 6.07) is 12.3. The predicted octanol–water partition coefficient (Wildman–Crippen LogP) is 5.23. The Hall–Kier alpha value is -2.34. The van der Waals surface area contributed by atoms with Crippen LogP contribution >= 0.6 is 12.6 Å². The summed E-state index contributed by atoms with van der Waals surface area (Å²) in [5, 5.41) is -0.157. The highest BCUT2D eigenvalue weighted by Crippen LogP contribution is 2.37. The van der Waals surface area contributed by atoms with Gasteiger partial charge in [-0.25, -0.2) is 4.98 Å². The first-order valence-corrected chi connectivity index (χ1v) is 10.5. The maximum Gasteiger partial charge on any atom is 0.163 e. The Morgan fingerprint density at radius 1 is 1.00 bits per heavy atom. The molecule has 0 aliphatic carbocycles. The number of aromatic nitrogens is 2. The van der Waals surface area contributed by atoms with Crippen molar-refractivity contribution >= 4 is 29.3 Å². The van der Waals surface area contributed by atoms with E-state index < -0.39 is 0 Å². The number of rotatable bonds is 9. The number of hydrogen-bond acceptors (Lipinski definition) is 5. The van der Waals surface area contributed by atoms with Crippen LogP contribution in [-0.2, 0) is 0 Å². The molecule has 0 saturated carbocycles. The van der Waals surface area contributed by atoms with Crippen molar-refractivity contribution in [3.8, 4) is 11.5 Å². The van der Waals surface area contributed by atoms with Crippen molar-refractivity contribution < 1.29 is 9.47 Å². The summed E-state index contributed by atoms with van der Waals surface area (Å²) in [5.41, 5.74) is 4.10. The van der Waals surface area contributed by atoms with E-state index in [0.29, 0.717) is 19.0 Å². The van der Waals surface area contributed by atoms with Crippen LogP contribution in [0, 0.1) is 0 Å². The third-order valence-electron chi connectivity index (χ3n) is 4.76. The van der Waals surface area contributed by atoms with Crippen molar-refractivity contribution in [2.45, 2.75) is 32.9 Å². The standard InChI is InChI=1S/C22H29N3O2S/c1-5-25(6-2)18-12-10-9-11-15(18)21(28)22-23-16-13-19(26-7-3)20(27-8-4)14-17(16)24-22/h9-14,21,28H,5-8H2,1-4H3,(H,23,24). The summed E-state index contributed by atoms with van der Waals surface area (Å²) >= 11 is 4.91. The monoisotopic (exact) mass is 399 g/mol. The maximum absolute atomic E-state index is 5.73. The molecule has 0 fully saturated rings. The molecule has 0 saturated heterocycles. The summed E-state index contributed by atoms with van der Waals surface area (Å²) < 4.78 is 11.5. The Morgan fingerprint density at radius 2 is 1.64 bits per heavy atom. The zero-order chi connectivity index (χ0) is 20.1. The Balaban J connectivity index is 2.02. The Labute approximate surface area is 172 Å². The average molecular weight is 400 g/mol. The van der Waals surface area contributed by atoms with Gasteiger partial charge >= 0.3 is 0 Å². The SMILES string of the molecule is CCOc1cc2nc(C(S)c3ccccc3N(CC)CC)[nH]c2cc1OCC. The van der Waals surface area contributed by atoms with Crippen molar-refractivity contribution in [2.24, 2.45) is 0 Å². The molecule has 0 aliphatic heterocycles. The van der Waals surface area contributed by atoms with Gasteiger partial charge in [0.2, 0.25) is 0 Å². The third-order valence-corrected chi connectivity index (χ3v) is 5.28. The van der Waals surface area contributed by atoms with Gasteiger partial charge in [0.25, 0.3) is 0 Å². The first-order valence-electron chi connectivity index (χ1n) is 9.93. The van der Waals surface area contributed by atoms with Crippen LogP contribution in [0.4, 0.5) is 5.69 Å². The number of hydrogen-bond donors (Lipinski definition) is 2. The molecule has 0 aliphatic rings. The number of benzene rings is 2.